The van der Waals surface area contributed by atoms with Crippen LogP contribution in [0.3, 0.4) is 0 Å². The van der Waals surface area contributed by atoms with Gasteiger partial charge in [-0.15, -0.1) is 0 Å². The van der Waals surface area contributed by atoms with Crippen molar-refractivity contribution in [2.24, 2.45) is 0 Å². The first-order valence-electron chi connectivity index (χ1n) is 9.95. The van der Waals surface area contributed by atoms with Crippen LogP contribution in [-0.2, 0) is 0 Å². The van der Waals surface area contributed by atoms with Crippen molar-refractivity contribution >= 4 is 11.8 Å². The monoisotopic (exact) mass is 396 g/mol. The molecule has 1 unspecified atom stereocenters. The quantitative estimate of drug-likeness (QED) is 0.790. The zero-order valence-electron chi connectivity index (χ0n) is 17.8. The molecular weight excluding hydrogens is 368 g/mol. The van der Waals surface area contributed by atoms with E-state index in [-0.39, 0.29) is 17.9 Å². The van der Waals surface area contributed by atoms with Crippen LogP contribution in [0.5, 0.6) is 0 Å². The molecule has 3 heterocycles. The Hall–Kier alpha value is -2.90. The molecule has 2 aromatic rings. The van der Waals surface area contributed by atoms with Crippen LogP contribution in [0, 0.1) is 27.7 Å². The SMILES string of the molecule is Cc1ncc(C(=O)N2CCCC(N(C)C(=O)c3cnc(C)nc3C)CC2)c(C)n1. The second kappa shape index (κ2) is 8.63. The van der Waals surface area contributed by atoms with Gasteiger partial charge in [0.1, 0.15) is 11.6 Å². The Balaban J connectivity index is 1.68. The van der Waals surface area contributed by atoms with E-state index in [0.717, 1.165) is 19.3 Å². The molecule has 0 spiro atoms. The van der Waals surface area contributed by atoms with E-state index in [2.05, 4.69) is 19.9 Å². The Labute approximate surface area is 171 Å². The third kappa shape index (κ3) is 4.58. The van der Waals surface area contributed by atoms with Gasteiger partial charge in [0, 0.05) is 38.6 Å². The third-order valence-electron chi connectivity index (χ3n) is 5.51. The lowest BCUT2D eigenvalue weighted by Crippen LogP contribution is -2.39. The fraction of sp³-hybridized carbons (Fsp3) is 0.524. The average molecular weight is 396 g/mol. The summed E-state index contributed by atoms with van der Waals surface area (Å²) in [6, 6.07) is 0.0661. The maximum Gasteiger partial charge on any atom is 0.257 e. The average Bonchev–Trinajstić information content (AvgIpc) is 2.93. The number of hydrogen-bond acceptors (Lipinski definition) is 6. The first-order chi connectivity index (χ1) is 13.8. The van der Waals surface area contributed by atoms with Crippen LogP contribution >= 0.6 is 0 Å². The van der Waals surface area contributed by atoms with E-state index in [4.69, 9.17) is 0 Å². The van der Waals surface area contributed by atoms with Crippen LogP contribution in [-0.4, -0.2) is 67.7 Å². The number of carbonyl (C=O) groups is 2. The zero-order chi connectivity index (χ0) is 21.1. The summed E-state index contributed by atoms with van der Waals surface area (Å²) in [5.41, 5.74) is 2.47. The summed E-state index contributed by atoms with van der Waals surface area (Å²) in [5, 5.41) is 0. The van der Waals surface area contributed by atoms with Gasteiger partial charge < -0.3 is 9.80 Å². The molecule has 29 heavy (non-hydrogen) atoms. The largest absolute Gasteiger partial charge is 0.339 e. The van der Waals surface area contributed by atoms with Crippen molar-refractivity contribution in [2.45, 2.75) is 53.0 Å². The molecule has 0 N–H and O–H groups in total. The lowest BCUT2D eigenvalue weighted by atomic mass is 10.1. The topological polar surface area (TPSA) is 92.2 Å². The molecule has 0 saturated carbocycles. The Bertz CT molecular complexity index is 929. The molecule has 8 heteroatoms. The molecule has 1 atom stereocenters. The van der Waals surface area contributed by atoms with Gasteiger partial charge in [-0.1, -0.05) is 0 Å². The summed E-state index contributed by atoms with van der Waals surface area (Å²) in [6.07, 6.45) is 5.62. The fourth-order valence-electron chi connectivity index (χ4n) is 3.78. The van der Waals surface area contributed by atoms with Gasteiger partial charge in [0.2, 0.25) is 0 Å². The lowest BCUT2D eigenvalue weighted by molar-refractivity contribution is 0.0708. The second-order valence-corrected chi connectivity index (χ2v) is 7.63. The van der Waals surface area contributed by atoms with E-state index >= 15 is 0 Å². The van der Waals surface area contributed by atoms with Gasteiger partial charge in [-0.05, 0) is 47.0 Å². The Morgan fingerprint density at radius 1 is 0.931 bits per heavy atom. The summed E-state index contributed by atoms with van der Waals surface area (Å²) < 4.78 is 0. The van der Waals surface area contributed by atoms with Gasteiger partial charge in [-0.2, -0.15) is 0 Å². The molecule has 2 amide bonds. The maximum absolute atomic E-state index is 13.0. The van der Waals surface area contributed by atoms with Crippen molar-refractivity contribution in [3.8, 4) is 0 Å². The first-order valence-corrected chi connectivity index (χ1v) is 9.95. The molecule has 0 aliphatic carbocycles. The number of amides is 2. The highest BCUT2D eigenvalue weighted by atomic mass is 16.2. The smallest absolute Gasteiger partial charge is 0.257 e. The number of hydrogen-bond donors (Lipinski definition) is 0. The van der Waals surface area contributed by atoms with Gasteiger partial charge >= 0.3 is 0 Å². The number of rotatable bonds is 3. The van der Waals surface area contributed by atoms with Crippen molar-refractivity contribution < 1.29 is 9.59 Å². The van der Waals surface area contributed by atoms with Crippen molar-refractivity contribution in [1.29, 1.82) is 0 Å². The van der Waals surface area contributed by atoms with E-state index in [1.54, 1.807) is 17.3 Å². The lowest BCUT2D eigenvalue weighted by Gasteiger charge is -2.28. The van der Waals surface area contributed by atoms with Crippen molar-refractivity contribution in [3.05, 3.63) is 46.6 Å². The highest BCUT2D eigenvalue weighted by Crippen LogP contribution is 2.20. The Kier molecular flexibility index (Phi) is 6.20. The summed E-state index contributed by atoms with van der Waals surface area (Å²) >= 11 is 0. The highest BCUT2D eigenvalue weighted by Gasteiger charge is 2.28. The summed E-state index contributed by atoms with van der Waals surface area (Å²) in [6.45, 7) is 8.54. The van der Waals surface area contributed by atoms with Gasteiger partial charge in [0.05, 0.1) is 22.5 Å². The van der Waals surface area contributed by atoms with Crippen LogP contribution in [0.4, 0.5) is 0 Å². The zero-order valence-corrected chi connectivity index (χ0v) is 17.8. The van der Waals surface area contributed by atoms with E-state index in [0.29, 0.717) is 47.3 Å². The number of carbonyl (C=O) groups excluding carboxylic acids is 2. The van der Waals surface area contributed by atoms with Gasteiger partial charge in [-0.25, -0.2) is 19.9 Å². The van der Waals surface area contributed by atoms with Crippen LogP contribution in [0.1, 0.15) is 63.0 Å². The number of nitrogens with zero attached hydrogens (tertiary/aromatic N) is 6. The summed E-state index contributed by atoms with van der Waals surface area (Å²) in [7, 11) is 1.82. The maximum atomic E-state index is 13.0. The van der Waals surface area contributed by atoms with Crippen LogP contribution in [0.15, 0.2) is 12.4 Å². The molecule has 0 radical (unpaired) electrons. The molecule has 154 valence electrons. The highest BCUT2D eigenvalue weighted by molar-refractivity contribution is 5.95. The molecule has 0 aromatic carbocycles. The minimum atomic E-state index is -0.0740. The molecular formula is C21H28N6O2. The van der Waals surface area contributed by atoms with Crippen LogP contribution < -0.4 is 0 Å². The second-order valence-electron chi connectivity index (χ2n) is 7.63. The van der Waals surface area contributed by atoms with Crippen LogP contribution in [0.25, 0.3) is 0 Å². The number of aryl methyl sites for hydroxylation is 4. The standard InChI is InChI=1S/C21H28N6O2/c1-13-18(11-22-15(3)24-13)20(28)26(5)17-7-6-9-27(10-8-17)21(29)19-12-23-16(4)25-14(19)2/h11-12,17H,6-10H2,1-5H3. The molecule has 8 nitrogen and oxygen atoms in total. The fourth-order valence-corrected chi connectivity index (χ4v) is 3.78. The van der Waals surface area contributed by atoms with Gasteiger partial charge in [0.15, 0.2) is 0 Å². The van der Waals surface area contributed by atoms with Crippen LogP contribution in [0.2, 0.25) is 0 Å². The molecule has 1 aliphatic heterocycles. The summed E-state index contributed by atoms with van der Waals surface area (Å²) in [4.78, 5) is 46.5. The van der Waals surface area contributed by atoms with E-state index in [1.807, 2.05) is 39.6 Å². The number of likely N-dealkylation sites (tertiary alicyclic amines) is 1. The minimum absolute atomic E-state index is 0.0418. The molecule has 1 fully saturated rings. The molecule has 0 bridgehead atoms. The predicted octanol–water partition coefficient (Wildman–Crippen LogP) is 2.27. The Morgan fingerprint density at radius 2 is 1.52 bits per heavy atom. The minimum Gasteiger partial charge on any atom is -0.339 e. The molecule has 3 rings (SSSR count). The van der Waals surface area contributed by atoms with Crippen molar-refractivity contribution in [2.75, 3.05) is 20.1 Å². The normalized spacial score (nSPS) is 17.0. The van der Waals surface area contributed by atoms with Crippen molar-refractivity contribution in [3.63, 3.8) is 0 Å². The number of aromatic nitrogens is 4. The molecule has 1 saturated heterocycles. The Morgan fingerprint density at radius 3 is 2.10 bits per heavy atom. The van der Waals surface area contributed by atoms with E-state index in [9.17, 15) is 9.59 Å². The van der Waals surface area contributed by atoms with Crippen molar-refractivity contribution in [1.82, 2.24) is 29.7 Å². The third-order valence-corrected chi connectivity index (χ3v) is 5.51. The predicted molar refractivity (Wildman–Crippen MR) is 109 cm³/mol. The van der Waals surface area contributed by atoms with E-state index in [1.165, 1.54) is 0 Å². The summed E-state index contributed by atoms with van der Waals surface area (Å²) in [5.74, 6) is 1.20. The van der Waals surface area contributed by atoms with Gasteiger partial charge in [0.25, 0.3) is 11.8 Å². The first kappa shape index (κ1) is 20.8. The van der Waals surface area contributed by atoms with Gasteiger partial charge in [-0.3, -0.25) is 9.59 Å². The van der Waals surface area contributed by atoms with E-state index < -0.39 is 0 Å². The molecule has 2 aromatic heterocycles. The molecule has 1 aliphatic rings.